The zero-order valence-electron chi connectivity index (χ0n) is 14.7. The van der Waals surface area contributed by atoms with Crippen molar-refractivity contribution in [2.45, 2.75) is 45.1 Å². The van der Waals surface area contributed by atoms with Crippen LogP contribution in [0, 0.1) is 0 Å². The van der Waals surface area contributed by atoms with E-state index in [1.165, 1.54) is 7.11 Å². The number of rotatable bonds is 3. The maximum atomic E-state index is 12.3. The van der Waals surface area contributed by atoms with E-state index in [1.807, 2.05) is 20.8 Å². The quantitative estimate of drug-likeness (QED) is 0.915. The summed E-state index contributed by atoms with van der Waals surface area (Å²) >= 11 is 0. The first kappa shape index (κ1) is 18.1. The fourth-order valence-corrected chi connectivity index (χ4v) is 2.88. The molecular formula is C18H25NO5. The van der Waals surface area contributed by atoms with E-state index in [2.05, 4.69) is 0 Å². The van der Waals surface area contributed by atoms with Gasteiger partial charge in [-0.05, 0) is 51.3 Å². The van der Waals surface area contributed by atoms with Crippen LogP contribution in [0.3, 0.4) is 0 Å². The van der Waals surface area contributed by atoms with E-state index in [1.54, 1.807) is 23.1 Å². The molecule has 0 aliphatic carbocycles. The van der Waals surface area contributed by atoms with Crippen molar-refractivity contribution in [2.24, 2.45) is 0 Å². The van der Waals surface area contributed by atoms with Crippen LogP contribution in [-0.2, 0) is 4.74 Å². The number of amides is 1. The number of carbonyl (C=O) groups is 2. The van der Waals surface area contributed by atoms with Crippen LogP contribution in [0.5, 0.6) is 5.75 Å². The first-order valence-corrected chi connectivity index (χ1v) is 8.10. The number of benzene rings is 1. The smallest absolute Gasteiger partial charge is 0.410 e. The zero-order valence-corrected chi connectivity index (χ0v) is 14.7. The summed E-state index contributed by atoms with van der Waals surface area (Å²) in [5.74, 6) is -0.533. The molecule has 1 atom stereocenters. The largest absolute Gasteiger partial charge is 0.496 e. The topological polar surface area (TPSA) is 76.1 Å². The highest BCUT2D eigenvalue weighted by atomic mass is 16.6. The lowest BCUT2D eigenvalue weighted by Crippen LogP contribution is -2.42. The number of carbonyl (C=O) groups excluding carboxylic acids is 1. The van der Waals surface area contributed by atoms with Crippen molar-refractivity contribution in [3.05, 3.63) is 29.3 Å². The van der Waals surface area contributed by atoms with Crippen molar-refractivity contribution in [3.63, 3.8) is 0 Å². The van der Waals surface area contributed by atoms with Crippen molar-refractivity contribution < 1.29 is 24.2 Å². The van der Waals surface area contributed by atoms with Gasteiger partial charge < -0.3 is 19.5 Å². The first-order chi connectivity index (χ1) is 11.2. The molecule has 0 spiro atoms. The number of carboxylic acid groups (broad SMARTS) is 1. The Bertz CT molecular complexity index is 620. The highest BCUT2D eigenvalue weighted by Gasteiger charge is 2.29. The molecule has 1 unspecified atom stereocenters. The summed E-state index contributed by atoms with van der Waals surface area (Å²) in [6.45, 7) is 6.78. The highest BCUT2D eigenvalue weighted by Crippen LogP contribution is 2.31. The summed E-state index contributed by atoms with van der Waals surface area (Å²) in [4.78, 5) is 25.2. The molecule has 24 heavy (non-hydrogen) atoms. The summed E-state index contributed by atoms with van der Waals surface area (Å²) in [5, 5.41) is 9.17. The summed E-state index contributed by atoms with van der Waals surface area (Å²) in [5.41, 5.74) is 0.599. The fraction of sp³-hybridized carbons (Fsp3) is 0.556. The lowest BCUT2D eigenvalue weighted by atomic mass is 9.90. The van der Waals surface area contributed by atoms with Crippen molar-refractivity contribution in [1.29, 1.82) is 0 Å². The summed E-state index contributed by atoms with van der Waals surface area (Å²) in [7, 11) is 1.46. The van der Waals surface area contributed by atoms with Gasteiger partial charge in [-0.2, -0.15) is 0 Å². The van der Waals surface area contributed by atoms with E-state index in [0.29, 0.717) is 18.8 Å². The third-order valence-corrected chi connectivity index (χ3v) is 4.00. The molecule has 0 bridgehead atoms. The van der Waals surface area contributed by atoms with Crippen molar-refractivity contribution in [1.82, 2.24) is 4.90 Å². The Hall–Kier alpha value is -2.24. The fourth-order valence-electron chi connectivity index (χ4n) is 2.88. The van der Waals surface area contributed by atoms with E-state index in [-0.39, 0.29) is 17.6 Å². The lowest BCUT2D eigenvalue weighted by molar-refractivity contribution is 0.0198. The van der Waals surface area contributed by atoms with Gasteiger partial charge in [0.15, 0.2) is 0 Å². The third-order valence-electron chi connectivity index (χ3n) is 4.00. The molecule has 1 amide bonds. The molecule has 1 heterocycles. The second-order valence-corrected chi connectivity index (χ2v) is 7.03. The Morgan fingerprint density at radius 1 is 1.29 bits per heavy atom. The predicted molar refractivity (Wildman–Crippen MR) is 89.7 cm³/mol. The molecule has 6 heteroatoms. The normalized spacial score (nSPS) is 18.2. The molecule has 2 rings (SSSR count). The van der Waals surface area contributed by atoms with Crippen LogP contribution >= 0.6 is 0 Å². The number of hydrogen-bond acceptors (Lipinski definition) is 4. The molecule has 1 aromatic carbocycles. The van der Waals surface area contributed by atoms with Gasteiger partial charge in [-0.3, -0.25) is 0 Å². The molecule has 1 aliphatic rings. The number of aromatic carboxylic acids is 1. The van der Waals surface area contributed by atoms with Gasteiger partial charge in [-0.25, -0.2) is 9.59 Å². The second-order valence-electron chi connectivity index (χ2n) is 7.03. The van der Waals surface area contributed by atoms with Crippen LogP contribution in [0.2, 0.25) is 0 Å². The van der Waals surface area contributed by atoms with Crippen molar-refractivity contribution >= 4 is 12.1 Å². The first-order valence-electron chi connectivity index (χ1n) is 8.10. The number of likely N-dealkylation sites (tertiary alicyclic amines) is 1. The second kappa shape index (κ2) is 7.11. The minimum atomic E-state index is -1.02. The Labute approximate surface area is 142 Å². The minimum Gasteiger partial charge on any atom is -0.496 e. The molecule has 1 fully saturated rings. The van der Waals surface area contributed by atoms with Gasteiger partial charge in [0.1, 0.15) is 16.9 Å². The monoisotopic (exact) mass is 335 g/mol. The molecule has 132 valence electrons. The molecule has 1 aliphatic heterocycles. The lowest BCUT2D eigenvalue weighted by Gasteiger charge is -2.34. The molecule has 6 nitrogen and oxygen atoms in total. The zero-order chi connectivity index (χ0) is 17.9. The highest BCUT2D eigenvalue weighted by molar-refractivity contribution is 5.91. The van der Waals surface area contributed by atoms with E-state index in [4.69, 9.17) is 9.47 Å². The van der Waals surface area contributed by atoms with Gasteiger partial charge in [0, 0.05) is 19.0 Å². The maximum Gasteiger partial charge on any atom is 0.410 e. The van der Waals surface area contributed by atoms with Crippen molar-refractivity contribution in [2.75, 3.05) is 20.2 Å². The van der Waals surface area contributed by atoms with Crippen molar-refractivity contribution in [3.8, 4) is 5.75 Å². The molecule has 0 saturated carbocycles. The molecule has 0 radical (unpaired) electrons. The third kappa shape index (κ3) is 4.40. The number of methoxy groups -OCH3 is 1. The SMILES string of the molecule is COc1cc(C2CCCN(C(=O)OC(C)(C)C)C2)ccc1C(=O)O. The van der Waals surface area contributed by atoms with Crippen LogP contribution in [0.15, 0.2) is 18.2 Å². The molecule has 0 aromatic heterocycles. The Kier molecular flexibility index (Phi) is 5.36. The van der Waals surface area contributed by atoms with E-state index in [0.717, 1.165) is 18.4 Å². The number of hydrogen-bond donors (Lipinski definition) is 1. The Morgan fingerprint density at radius 2 is 2.00 bits per heavy atom. The van der Waals surface area contributed by atoms with Crippen LogP contribution in [-0.4, -0.2) is 47.9 Å². The van der Waals surface area contributed by atoms with Gasteiger partial charge in [0.2, 0.25) is 0 Å². The average molecular weight is 335 g/mol. The summed E-state index contributed by atoms with van der Waals surface area (Å²) in [6, 6.07) is 5.12. The van der Waals surface area contributed by atoms with Crippen LogP contribution < -0.4 is 4.74 Å². The van der Waals surface area contributed by atoms with Gasteiger partial charge in [0.25, 0.3) is 0 Å². The van der Waals surface area contributed by atoms with Crippen LogP contribution in [0.25, 0.3) is 0 Å². The molecule has 1 N–H and O–H groups in total. The number of ether oxygens (including phenoxy) is 2. The van der Waals surface area contributed by atoms with E-state index >= 15 is 0 Å². The molecular weight excluding hydrogens is 310 g/mol. The van der Waals surface area contributed by atoms with Gasteiger partial charge in [0.05, 0.1) is 7.11 Å². The summed E-state index contributed by atoms with van der Waals surface area (Å²) < 4.78 is 10.6. The maximum absolute atomic E-state index is 12.3. The molecule has 1 saturated heterocycles. The predicted octanol–water partition coefficient (Wildman–Crippen LogP) is 3.51. The van der Waals surface area contributed by atoms with E-state index in [9.17, 15) is 14.7 Å². The number of piperidine rings is 1. The van der Waals surface area contributed by atoms with Gasteiger partial charge in [-0.1, -0.05) is 6.07 Å². The average Bonchev–Trinajstić information content (AvgIpc) is 2.52. The Balaban J connectivity index is 2.15. The van der Waals surface area contributed by atoms with Gasteiger partial charge >= 0.3 is 12.1 Å². The Morgan fingerprint density at radius 3 is 2.58 bits per heavy atom. The standard InChI is InChI=1S/C18H25NO5/c1-18(2,3)24-17(22)19-9-5-6-13(11-19)12-7-8-14(16(20)21)15(10-12)23-4/h7-8,10,13H,5-6,9,11H2,1-4H3,(H,20,21). The van der Waals surface area contributed by atoms with E-state index < -0.39 is 11.6 Å². The number of nitrogens with zero attached hydrogens (tertiary/aromatic N) is 1. The number of carboxylic acids is 1. The van der Waals surface area contributed by atoms with Gasteiger partial charge in [-0.15, -0.1) is 0 Å². The summed E-state index contributed by atoms with van der Waals surface area (Å²) in [6.07, 6.45) is 1.52. The molecule has 1 aromatic rings. The van der Waals surface area contributed by atoms with Crippen LogP contribution in [0.1, 0.15) is 55.5 Å². The van der Waals surface area contributed by atoms with Crippen LogP contribution in [0.4, 0.5) is 4.79 Å². The minimum absolute atomic E-state index is 0.140.